The van der Waals surface area contributed by atoms with E-state index >= 15 is 0 Å². The molecule has 3 rings (SSSR count). The molecule has 2 N–H and O–H groups in total. The van der Waals surface area contributed by atoms with Crippen LogP contribution in [0.25, 0.3) is 5.78 Å². The molecule has 0 aliphatic carbocycles. The van der Waals surface area contributed by atoms with Crippen LogP contribution in [-0.2, 0) is 14.3 Å². The van der Waals surface area contributed by atoms with Gasteiger partial charge in [0.2, 0.25) is 17.6 Å². The number of aromatic nitrogens is 3. The Morgan fingerprint density at radius 3 is 2.89 bits per heavy atom. The number of hydrogen-bond acceptors (Lipinski definition) is 6. The van der Waals surface area contributed by atoms with E-state index in [2.05, 4.69) is 20.6 Å². The number of nitrogens with one attached hydrogen (secondary N) is 2. The van der Waals surface area contributed by atoms with E-state index in [0.717, 1.165) is 0 Å². The van der Waals surface area contributed by atoms with E-state index in [9.17, 15) is 14.4 Å². The predicted molar refractivity (Wildman–Crippen MR) is 94.9 cm³/mol. The highest BCUT2D eigenvalue weighted by Gasteiger charge is 2.40. The average molecular weight is 374 g/mol. The van der Waals surface area contributed by atoms with E-state index in [-0.39, 0.29) is 42.6 Å². The van der Waals surface area contributed by atoms with Crippen LogP contribution < -0.4 is 10.6 Å². The van der Waals surface area contributed by atoms with Gasteiger partial charge in [0, 0.05) is 44.8 Å². The number of fused-ring (bicyclic) bond motifs is 1. The third-order valence-electron chi connectivity index (χ3n) is 4.35. The molecule has 10 nitrogen and oxygen atoms in total. The summed E-state index contributed by atoms with van der Waals surface area (Å²) >= 11 is 0. The molecule has 1 saturated heterocycles. The molecule has 2 aromatic rings. The molecule has 0 bridgehead atoms. The van der Waals surface area contributed by atoms with Gasteiger partial charge >= 0.3 is 0 Å². The number of imidazole rings is 1. The number of rotatable bonds is 6. The van der Waals surface area contributed by atoms with Crippen LogP contribution in [0, 0.1) is 0 Å². The Balaban J connectivity index is 1.71. The minimum absolute atomic E-state index is 0.116. The van der Waals surface area contributed by atoms with Gasteiger partial charge in [0.1, 0.15) is 18.3 Å². The third kappa shape index (κ3) is 4.05. The Labute approximate surface area is 155 Å². The van der Waals surface area contributed by atoms with Crippen molar-refractivity contribution in [1.29, 1.82) is 0 Å². The van der Waals surface area contributed by atoms with Crippen molar-refractivity contribution in [3.05, 3.63) is 30.4 Å². The lowest BCUT2D eigenvalue weighted by Crippen LogP contribution is -2.47. The molecule has 10 heteroatoms. The van der Waals surface area contributed by atoms with Gasteiger partial charge in [-0.2, -0.15) is 0 Å². The molecule has 1 aliphatic rings. The van der Waals surface area contributed by atoms with Gasteiger partial charge in [0.05, 0.1) is 0 Å². The number of carbonyl (C=O) groups is 3. The Morgan fingerprint density at radius 2 is 2.19 bits per heavy atom. The molecular weight excluding hydrogens is 352 g/mol. The first-order chi connectivity index (χ1) is 13.0. The van der Waals surface area contributed by atoms with Gasteiger partial charge in [-0.15, -0.1) is 0 Å². The second kappa shape index (κ2) is 8.12. The smallest absolute Gasteiger partial charge is 0.271 e. The zero-order valence-electron chi connectivity index (χ0n) is 15.2. The SMILES string of the molecule is CCNC(=O)[C@@H]1C[C@@H](NC(=O)c2cn3cccnc3n2)CN1C(=O)COC. The van der Waals surface area contributed by atoms with E-state index in [4.69, 9.17) is 4.74 Å². The van der Waals surface area contributed by atoms with E-state index < -0.39 is 6.04 Å². The Hall–Kier alpha value is -3.01. The van der Waals surface area contributed by atoms with Crippen molar-refractivity contribution in [2.24, 2.45) is 0 Å². The molecule has 0 radical (unpaired) electrons. The van der Waals surface area contributed by atoms with Crippen molar-refractivity contribution >= 4 is 23.5 Å². The quantitative estimate of drug-likeness (QED) is 0.684. The molecule has 2 atom stereocenters. The van der Waals surface area contributed by atoms with Crippen LogP contribution in [0.5, 0.6) is 0 Å². The van der Waals surface area contributed by atoms with E-state index in [1.807, 2.05) is 6.92 Å². The van der Waals surface area contributed by atoms with Crippen molar-refractivity contribution in [3.8, 4) is 0 Å². The van der Waals surface area contributed by atoms with Gasteiger partial charge < -0.3 is 20.3 Å². The van der Waals surface area contributed by atoms with Crippen LogP contribution in [0.4, 0.5) is 0 Å². The fraction of sp³-hybridized carbons (Fsp3) is 0.471. The van der Waals surface area contributed by atoms with Gasteiger partial charge in [-0.25, -0.2) is 9.97 Å². The first-order valence-corrected chi connectivity index (χ1v) is 8.70. The van der Waals surface area contributed by atoms with Crippen molar-refractivity contribution in [3.63, 3.8) is 0 Å². The first-order valence-electron chi connectivity index (χ1n) is 8.70. The minimum Gasteiger partial charge on any atom is -0.375 e. The highest BCUT2D eigenvalue weighted by Crippen LogP contribution is 2.19. The molecule has 1 aliphatic heterocycles. The summed E-state index contributed by atoms with van der Waals surface area (Å²) in [6, 6.07) is 0.744. The molecule has 0 spiro atoms. The number of carbonyl (C=O) groups excluding carboxylic acids is 3. The summed E-state index contributed by atoms with van der Waals surface area (Å²) in [6.45, 7) is 2.40. The summed E-state index contributed by atoms with van der Waals surface area (Å²) in [7, 11) is 1.42. The van der Waals surface area contributed by atoms with Crippen LogP contribution in [0.1, 0.15) is 23.8 Å². The lowest BCUT2D eigenvalue weighted by molar-refractivity contribution is -0.141. The summed E-state index contributed by atoms with van der Waals surface area (Å²) in [5.74, 6) is -0.481. The van der Waals surface area contributed by atoms with Gasteiger partial charge in [0.15, 0.2) is 0 Å². The van der Waals surface area contributed by atoms with E-state index in [0.29, 0.717) is 18.7 Å². The topological polar surface area (TPSA) is 118 Å². The summed E-state index contributed by atoms with van der Waals surface area (Å²) in [4.78, 5) is 46.8. The molecule has 0 unspecified atom stereocenters. The average Bonchev–Trinajstić information content (AvgIpc) is 3.26. The molecule has 3 amide bonds. The van der Waals surface area contributed by atoms with Gasteiger partial charge in [-0.05, 0) is 19.4 Å². The number of likely N-dealkylation sites (N-methyl/N-ethyl adjacent to an activating group) is 1. The van der Waals surface area contributed by atoms with Crippen molar-refractivity contribution in [2.45, 2.75) is 25.4 Å². The van der Waals surface area contributed by atoms with Crippen LogP contribution >= 0.6 is 0 Å². The van der Waals surface area contributed by atoms with Gasteiger partial charge in [-0.1, -0.05) is 0 Å². The molecule has 0 aromatic carbocycles. The molecule has 144 valence electrons. The van der Waals surface area contributed by atoms with Crippen molar-refractivity contribution in [1.82, 2.24) is 29.9 Å². The molecular formula is C17H22N6O4. The van der Waals surface area contributed by atoms with E-state index in [1.54, 1.807) is 29.1 Å². The Kier molecular flexibility index (Phi) is 5.65. The number of nitrogens with zero attached hydrogens (tertiary/aromatic N) is 4. The summed E-state index contributed by atoms with van der Waals surface area (Å²) in [5.41, 5.74) is 0.227. The van der Waals surface area contributed by atoms with E-state index in [1.165, 1.54) is 12.0 Å². The maximum absolute atomic E-state index is 12.5. The minimum atomic E-state index is -0.638. The molecule has 3 heterocycles. The van der Waals surface area contributed by atoms with Crippen LogP contribution in [0.3, 0.4) is 0 Å². The highest BCUT2D eigenvalue weighted by atomic mass is 16.5. The molecule has 1 fully saturated rings. The van der Waals surface area contributed by atoms with Crippen molar-refractivity contribution < 1.29 is 19.1 Å². The molecule has 0 saturated carbocycles. The van der Waals surface area contributed by atoms with Crippen molar-refractivity contribution in [2.75, 3.05) is 26.8 Å². The van der Waals surface area contributed by atoms with Gasteiger partial charge in [-0.3, -0.25) is 18.8 Å². The summed E-state index contributed by atoms with van der Waals surface area (Å²) in [5, 5.41) is 5.58. The standard InChI is InChI=1S/C17H22N6O4/c1-3-18-16(26)13-7-11(8-23(13)14(24)10-27-2)20-15(25)12-9-22-6-4-5-19-17(22)21-12/h4-6,9,11,13H,3,7-8,10H2,1-2H3,(H,18,26)(H,20,25)/t11-,13+/m1/s1. The fourth-order valence-corrected chi connectivity index (χ4v) is 3.16. The lowest BCUT2D eigenvalue weighted by atomic mass is 10.1. The lowest BCUT2D eigenvalue weighted by Gasteiger charge is -2.23. The number of amides is 3. The normalized spacial score (nSPS) is 19.3. The summed E-state index contributed by atoms with van der Waals surface area (Å²) < 4.78 is 6.54. The van der Waals surface area contributed by atoms with Crippen LogP contribution in [0.2, 0.25) is 0 Å². The number of ether oxygens (including phenoxy) is 1. The maximum Gasteiger partial charge on any atom is 0.271 e. The molecule has 2 aromatic heterocycles. The monoisotopic (exact) mass is 374 g/mol. The number of hydrogen-bond donors (Lipinski definition) is 2. The molecule has 27 heavy (non-hydrogen) atoms. The maximum atomic E-state index is 12.5. The zero-order chi connectivity index (χ0) is 19.4. The van der Waals surface area contributed by atoms with Crippen LogP contribution in [-0.4, -0.2) is 75.9 Å². The Morgan fingerprint density at radius 1 is 1.37 bits per heavy atom. The van der Waals surface area contributed by atoms with Gasteiger partial charge in [0.25, 0.3) is 5.91 Å². The zero-order valence-corrected chi connectivity index (χ0v) is 15.2. The number of likely N-dealkylation sites (tertiary alicyclic amines) is 1. The van der Waals surface area contributed by atoms with Crippen LogP contribution in [0.15, 0.2) is 24.7 Å². The highest BCUT2D eigenvalue weighted by molar-refractivity contribution is 5.93. The third-order valence-corrected chi connectivity index (χ3v) is 4.35. The predicted octanol–water partition coefficient (Wildman–Crippen LogP) is -0.789. The fourth-order valence-electron chi connectivity index (χ4n) is 3.16. The number of methoxy groups -OCH3 is 1. The first kappa shape index (κ1) is 18.8. The Bertz CT molecular complexity index is 792. The second-order valence-corrected chi connectivity index (χ2v) is 6.25. The summed E-state index contributed by atoms with van der Waals surface area (Å²) in [6.07, 6.45) is 5.26. The second-order valence-electron chi connectivity index (χ2n) is 6.25. The largest absolute Gasteiger partial charge is 0.375 e.